The molecule has 1 aliphatic heterocycles. The SMILES string of the molecule is Cc1cc(CNC(=O)N2CCC(C(=O)O)CC2C)sc1C. The van der Waals surface area contributed by atoms with Crippen molar-refractivity contribution >= 4 is 23.3 Å². The molecule has 6 heteroatoms. The molecule has 5 nitrogen and oxygen atoms in total. The molecule has 0 bridgehead atoms. The number of carboxylic acids is 1. The van der Waals surface area contributed by atoms with Gasteiger partial charge in [0.1, 0.15) is 0 Å². The number of likely N-dealkylation sites (tertiary alicyclic amines) is 1. The van der Waals surface area contributed by atoms with Gasteiger partial charge in [0.2, 0.25) is 0 Å². The van der Waals surface area contributed by atoms with Crippen LogP contribution in [-0.4, -0.2) is 34.6 Å². The molecule has 1 saturated heterocycles. The van der Waals surface area contributed by atoms with Crippen molar-refractivity contribution in [1.29, 1.82) is 0 Å². The van der Waals surface area contributed by atoms with Gasteiger partial charge in [0.15, 0.2) is 0 Å². The number of amides is 2. The number of carbonyl (C=O) groups excluding carboxylic acids is 1. The highest BCUT2D eigenvalue weighted by molar-refractivity contribution is 7.12. The van der Waals surface area contributed by atoms with E-state index < -0.39 is 5.97 Å². The molecule has 1 aromatic heterocycles. The fraction of sp³-hybridized carbons (Fsp3) is 0.600. The fourth-order valence-corrected chi connectivity index (χ4v) is 3.69. The summed E-state index contributed by atoms with van der Waals surface area (Å²) in [5, 5.41) is 12.0. The lowest BCUT2D eigenvalue weighted by Gasteiger charge is -2.36. The Bertz CT molecular complexity index is 522. The van der Waals surface area contributed by atoms with Gasteiger partial charge < -0.3 is 15.3 Å². The van der Waals surface area contributed by atoms with Gasteiger partial charge >= 0.3 is 12.0 Å². The minimum absolute atomic E-state index is 0.0355. The molecule has 0 aliphatic carbocycles. The van der Waals surface area contributed by atoms with Crippen molar-refractivity contribution in [1.82, 2.24) is 10.2 Å². The van der Waals surface area contributed by atoms with E-state index >= 15 is 0 Å². The van der Waals surface area contributed by atoms with Crippen LogP contribution < -0.4 is 5.32 Å². The van der Waals surface area contributed by atoms with Crippen LogP contribution in [0.15, 0.2) is 6.07 Å². The Kier molecular flexibility index (Phi) is 4.88. The highest BCUT2D eigenvalue weighted by atomic mass is 32.1. The van der Waals surface area contributed by atoms with Gasteiger partial charge in [0, 0.05) is 22.3 Å². The van der Waals surface area contributed by atoms with Crippen LogP contribution in [0.1, 0.15) is 35.1 Å². The number of nitrogens with zero attached hydrogens (tertiary/aromatic N) is 1. The molecule has 2 rings (SSSR count). The number of piperidine rings is 1. The molecule has 21 heavy (non-hydrogen) atoms. The Morgan fingerprint density at radius 1 is 1.48 bits per heavy atom. The minimum Gasteiger partial charge on any atom is -0.481 e. The zero-order chi connectivity index (χ0) is 15.6. The van der Waals surface area contributed by atoms with Crippen molar-refractivity contribution in [2.24, 2.45) is 5.92 Å². The number of hydrogen-bond acceptors (Lipinski definition) is 3. The molecule has 0 aromatic carbocycles. The summed E-state index contributed by atoms with van der Waals surface area (Å²) in [5.41, 5.74) is 1.25. The number of urea groups is 1. The van der Waals surface area contributed by atoms with Crippen LogP contribution in [0.25, 0.3) is 0 Å². The van der Waals surface area contributed by atoms with Crippen LogP contribution >= 0.6 is 11.3 Å². The number of carbonyl (C=O) groups is 2. The first kappa shape index (κ1) is 15.8. The number of nitrogens with one attached hydrogen (secondary N) is 1. The van der Waals surface area contributed by atoms with E-state index in [1.54, 1.807) is 16.2 Å². The van der Waals surface area contributed by atoms with E-state index in [9.17, 15) is 9.59 Å². The zero-order valence-electron chi connectivity index (χ0n) is 12.7. The molecule has 0 saturated carbocycles. The molecule has 1 aromatic rings. The van der Waals surface area contributed by atoms with E-state index in [-0.39, 0.29) is 18.0 Å². The third kappa shape index (κ3) is 3.75. The second kappa shape index (κ2) is 6.47. The van der Waals surface area contributed by atoms with Gasteiger partial charge in [-0.25, -0.2) is 4.79 Å². The Balaban J connectivity index is 1.87. The number of carboxylic acid groups (broad SMARTS) is 1. The second-order valence-corrected chi connectivity index (χ2v) is 7.05. The first-order chi connectivity index (χ1) is 9.88. The highest BCUT2D eigenvalue weighted by Gasteiger charge is 2.32. The topological polar surface area (TPSA) is 69.6 Å². The quantitative estimate of drug-likeness (QED) is 0.902. The molecule has 1 aliphatic rings. The zero-order valence-corrected chi connectivity index (χ0v) is 13.5. The monoisotopic (exact) mass is 310 g/mol. The number of aliphatic carboxylic acids is 1. The van der Waals surface area contributed by atoms with Gasteiger partial charge in [-0.05, 0) is 45.2 Å². The summed E-state index contributed by atoms with van der Waals surface area (Å²) >= 11 is 1.70. The van der Waals surface area contributed by atoms with Gasteiger partial charge in [-0.1, -0.05) is 0 Å². The predicted molar refractivity (Wildman–Crippen MR) is 82.6 cm³/mol. The van der Waals surface area contributed by atoms with E-state index in [0.29, 0.717) is 25.9 Å². The summed E-state index contributed by atoms with van der Waals surface area (Å²) < 4.78 is 0. The third-order valence-electron chi connectivity index (χ3n) is 4.12. The van der Waals surface area contributed by atoms with Crippen molar-refractivity contribution < 1.29 is 14.7 Å². The maximum absolute atomic E-state index is 12.2. The van der Waals surface area contributed by atoms with Crippen LogP contribution in [0.3, 0.4) is 0 Å². The van der Waals surface area contributed by atoms with E-state index in [1.165, 1.54) is 10.4 Å². The molecule has 1 fully saturated rings. The number of rotatable bonds is 3. The third-order valence-corrected chi connectivity index (χ3v) is 5.27. The average molecular weight is 310 g/mol. The summed E-state index contributed by atoms with van der Waals surface area (Å²) in [7, 11) is 0. The van der Waals surface area contributed by atoms with Gasteiger partial charge in [0.25, 0.3) is 0 Å². The molecule has 2 amide bonds. The molecule has 2 N–H and O–H groups in total. The molecular formula is C15H22N2O3S. The van der Waals surface area contributed by atoms with Crippen LogP contribution in [0.5, 0.6) is 0 Å². The number of aryl methyl sites for hydroxylation is 2. The van der Waals surface area contributed by atoms with Crippen LogP contribution in [0, 0.1) is 19.8 Å². The first-order valence-electron chi connectivity index (χ1n) is 7.21. The van der Waals surface area contributed by atoms with Crippen molar-refractivity contribution in [3.05, 3.63) is 21.4 Å². The first-order valence-corrected chi connectivity index (χ1v) is 8.03. The molecule has 0 spiro atoms. The standard InChI is InChI=1S/C15H22N2O3S/c1-9-6-13(21-11(9)3)8-16-15(20)17-5-4-12(14(18)19)7-10(17)2/h6,10,12H,4-5,7-8H2,1-3H3,(H,16,20)(H,18,19). The van der Waals surface area contributed by atoms with Crippen molar-refractivity contribution in [2.75, 3.05) is 6.54 Å². The Hall–Kier alpha value is -1.56. The van der Waals surface area contributed by atoms with Gasteiger partial charge in [-0.3, -0.25) is 4.79 Å². The van der Waals surface area contributed by atoms with Gasteiger partial charge in [-0.2, -0.15) is 0 Å². The lowest BCUT2D eigenvalue weighted by molar-refractivity contribution is -0.143. The smallest absolute Gasteiger partial charge is 0.317 e. The molecular weight excluding hydrogens is 288 g/mol. The molecule has 2 heterocycles. The largest absolute Gasteiger partial charge is 0.481 e. The van der Waals surface area contributed by atoms with Crippen LogP contribution in [0.2, 0.25) is 0 Å². The summed E-state index contributed by atoms with van der Waals surface area (Å²) in [6.45, 7) is 7.09. The summed E-state index contributed by atoms with van der Waals surface area (Å²) in [6, 6.07) is 1.96. The van der Waals surface area contributed by atoms with Crippen LogP contribution in [0.4, 0.5) is 4.79 Å². The van der Waals surface area contributed by atoms with Crippen molar-refractivity contribution in [2.45, 2.75) is 46.2 Å². The number of thiophene rings is 1. The van der Waals surface area contributed by atoms with E-state index in [2.05, 4.69) is 25.2 Å². The minimum atomic E-state index is -0.758. The summed E-state index contributed by atoms with van der Waals surface area (Å²) in [4.78, 5) is 27.4. The molecule has 0 radical (unpaired) electrons. The molecule has 116 valence electrons. The second-order valence-electron chi connectivity index (χ2n) is 5.71. The van der Waals surface area contributed by atoms with Crippen LogP contribution in [-0.2, 0) is 11.3 Å². The molecule has 2 atom stereocenters. The maximum Gasteiger partial charge on any atom is 0.317 e. The van der Waals surface area contributed by atoms with Crippen molar-refractivity contribution in [3.63, 3.8) is 0 Å². The van der Waals surface area contributed by atoms with Gasteiger partial charge in [0.05, 0.1) is 12.5 Å². The Morgan fingerprint density at radius 2 is 2.19 bits per heavy atom. The number of hydrogen-bond donors (Lipinski definition) is 2. The Morgan fingerprint density at radius 3 is 2.71 bits per heavy atom. The van der Waals surface area contributed by atoms with Crippen molar-refractivity contribution in [3.8, 4) is 0 Å². The normalized spacial score (nSPS) is 22.1. The fourth-order valence-electron chi connectivity index (χ4n) is 2.70. The molecule has 2 unspecified atom stereocenters. The highest BCUT2D eigenvalue weighted by Crippen LogP contribution is 2.24. The van der Waals surface area contributed by atoms with E-state index in [4.69, 9.17) is 5.11 Å². The van der Waals surface area contributed by atoms with Gasteiger partial charge in [-0.15, -0.1) is 11.3 Å². The predicted octanol–water partition coefficient (Wildman–Crippen LogP) is 2.76. The lowest BCUT2D eigenvalue weighted by Crippen LogP contribution is -2.49. The average Bonchev–Trinajstić information content (AvgIpc) is 2.75. The summed E-state index contributed by atoms with van der Waals surface area (Å²) in [5.74, 6) is -1.09. The summed E-state index contributed by atoms with van der Waals surface area (Å²) in [6.07, 6.45) is 1.06. The van der Waals surface area contributed by atoms with E-state index in [0.717, 1.165) is 4.88 Å². The maximum atomic E-state index is 12.2. The van der Waals surface area contributed by atoms with E-state index in [1.807, 2.05) is 6.92 Å². The lowest BCUT2D eigenvalue weighted by atomic mass is 9.92. The Labute approximate surface area is 129 Å².